The van der Waals surface area contributed by atoms with Crippen LogP contribution in [0.25, 0.3) is 0 Å². The highest BCUT2D eigenvalue weighted by Gasteiger charge is 2.45. The Balaban J connectivity index is 4.48. The molecule has 0 aromatic rings. The lowest BCUT2D eigenvalue weighted by atomic mass is 10.1. The number of hydrogen-bond donors (Lipinski definition) is 2. The minimum Gasteiger partial charge on any atom is -0.357 e. The fourth-order valence-electron chi connectivity index (χ4n) is 3.01. The van der Waals surface area contributed by atoms with Crippen LogP contribution in [0, 0.1) is 0 Å². The molecule has 0 saturated carbocycles. The number of rotatable bonds is 18. The van der Waals surface area contributed by atoms with Crippen LogP contribution >= 0.6 is 0 Å². The lowest BCUT2D eigenvalue weighted by molar-refractivity contribution is 0.0595. The lowest BCUT2D eigenvalue weighted by Crippen LogP contribution is -2.64. The number of urea groups is 2. The quantitative estimate of drug-likeness (QED) is 0.180. The third kappa shape index (κ3) is 14.3. The van der Waals surface area contributed by atoms with E-state index >= 15 is 0 Å². The minimum absolute atomic E-state index is 0.297. The molecule has 0 aromatic heterocycles. The van der Waals surface area contributed by atoms with E-state index in [9.17, 15) is 9.59 Å². The zero-order valence-electron chi connectivity index (χ0n) is 20.3. The highest BCUT2D eigenvalue weighted by atomic mass is 28.4. The van der Waals surface area contributed by atoms with E-state index in [4.69, 9.17) is 13.3 Å². The van der Waals surface area contributed by atoms with E-state index in [1.54, 1.807) is 20.8 Å². The summed E-state index contributed by atoms with van der Waals surface area (Å²) in [7, 11) is -3.39. The van der Waals surface area contributed by atoms with Gasteiger partial charge in [0.15, 0.2) is 0 Å². The van der Waals surface area contributed by atoms with E-state index in [1.165, 1.54) is 38.5 Å². The summed E-state index contributed by atoms with van der Waals surface area (Å²) in [5.74, 6) is 0. The van der Waals surface area contributed by atoms with Gasteiger partial charge in [-0.25, -0.2) is 14.6 Å². The second-order valence-electron chi connectivity index (χ2n) is 7.22. The number of nitrogens with zero attached hydrogens (tertiary/aromatic N) is 2. The van der Waals surface area contributed by atoms with Gasteiger partial charge in [0.25, 0.3) is 0 Å². The van der Waals surface area contributed by atoms with Crippen molar-refractivity contribution in [1.29, 1.82) is 0 Å². The molecular weight excluding hydrogens is 416 g/mol. The molecular formula is C21H45N4O5Si. The summed E-state index contributed by atoms with van der Waals surface area (Å²) in [5.41, 5.74) is 3.93. The third-order valence-electron chi connectivity index (χ3n) is 4.45. The summed E-state index contributed by atoms with van der Waals surface area (Å²) < 4.78 is 16.9. The van der Waals surface area contributed by atoms with Crippen molar-refractivity contribution >= 4 is 21.0 Å². The van der Waals surface area contributed by atoms with E-state index < -0.39 is 21.0 Å². The second kappa shape index (κ2) is 19.3. The largest absolute Gasteiger partial charge is 0.634 e. The summed E-state index contributed by atoms with van der Waals surface area (Å²) in [6, 6.07) is -1.09. The van der Waals surface area contributed by atoms with Gasteiger partial charge in [0, 0.05) is 32.9 Å². The van der Waals surface area contributed by atoms with Crippen molar-refractivity contribution in [1.82, 2.24) is 20.7 Å². The van der Waals surface area contributed by atoms with Crippen molar-refractivity contribution < 1.29 is 22.9 Å². The molecule has 0 spiro atoms. The SMILES string of the molecule is CCCCCCCCCCNC(=O)[N]N(CCC)C(=O)N[Si](OCC)(OCC)OCC. The van der Waals surface area contributed by atoms with Gasteiger partial charge in [-0.2, -0.15) is 0 Å². The number of amides is 4. The molecule has 1 radical (unpaired) electrons. The number of carbonyl (C=O) groups excluding carboxylic acids is 2. The van der Waals surface area contributed by atoms with Gasteiger partial charge in [-0.15, -0.1) is 5.43 Å². The maximum Gasteiger partial charge on any atom is 0.634 e. The van der Waals surface area contributed by atoms with Gasteiger partial charge in [0.2, 0.25) is 0 Å². The Labute approximate surface area is 190 Å². The van der Waals surface area contributed by atoms with E-state index in [2.05, 4.69) is 22.6 Å². The summed E-state index contributed by atoms with van der Waals surface area (Å²) in [6.07, 6.45) is 10.2. The fourth-order valence-corrected chi connectivity index (χ4v) is 5.00. The summed E-state index contributed by atoms with van der Waals surface area (Å²) in [4.78, 5) is 27.7. The molecule has 2 N–H and O–H groups in total. The van der Waals surface area contributed by atoms with Crippen LogP contribution in [0.2, 0.25) is 0 Å². The minimum atomic E-state index is -3.39. The second-order valence-corrected chi connectivity index (χ2v) is 9.44. The first-order valence-electron chi connectivity index (χ1n) is 12.0. The van der Waals surface area contributed by atoms with Crippen molar-refractivity contribution in [3.8, 4) is 0 Å². The molecule has 0 rings (SSSR count). The van der Waals surface area contributed by atoms with Crippen molar-refractivity contribution in [2.24, 2.45) is 0 Å². The molecule has 0 atom stereocenters. The average Bonchev–Trinajstić information content (AvgIpc) is 2.72. The Hall–Kier alpha value is -1.36. The molecule has 31 heavy (non-hydrogen) atoms. The van der Waals surface area contributed by atoms with Gasteiger partial charge >= 0.3 is 21.0 Å². The number of nitrogens with one attached hydrogen (secondary N) is 2. The first kappa shape index (κ1) is 29.6. The first-order valence-corrected chi connectivity index (χ1v) is 13.7. The van der Waals surface area contributed by atoms with Crippen molar-refractivity contribution in [3.05, 3.63) is 0 Å². The third-order valence-corrected chi connectivity index (χ3v) is 6.98. The van der Waals surface area contributed by atoms with Crippen molar-refractivity contribution in [3.63, 3.8) is 0 Å². The van der Waals surface area contributed by atoms with Gasteiger partial charge in [0.05, 0.1) is 0 Å². The normalized spacial score (nSPS) is 11.3. The monoisotopic (exact) mass is 461 g/mol. The standard InChI is InChI=1S/C21H45N4O5Si/c1-6-11-12-13-14-15-16-17-18-22-20(26)23-25(19-7-2)21(27)24-31(28-8-3,29-9-4)30-10-5/h6-19H2,1-5H3,(H,22,26)(H,24,27). The predicted octanol–water partition coefficient (Wildman–Crippen LogP) is 4.32. The van der Waals surface area contributed by atoms with Crippen LogP contribution in [0.4, 0.5) is 9.59 Å². The van der Waals surface area contributed by atoms with Crippen LogP contribution in [-0.2, 0) is 13.3 Å². The van der Waals surface area contributed by atoms with Crippen molar-refractivity contribution in [2.45, 2.75) is 92.4 Å². The maximum atomic E-state index is 12.8. The van der Waals surface area contributed by atoms with Crippen LogP contribution in [0.15, 0.2) is 0 Å². The smallest absolute Gasteiger partial charge is 0.357 e. The average molecular weight is 462 g/mol. The molecule has 0 heterocycles. The summed E-state index contributed by atoms with van der Waals surface area (Å²) in [6.45, 7) is 11.4. The zero-order chi connectivity index (χ0) is 23.4. The highest BCUT2D eigenvalue weighted by Crippen LogP contribution is 2.09. The summed E-state index contributed by atoms with van der Waals surface area (Å²) in [5, 5.41) is 3.88. The Morgan fingerprint density at radius 3 is 1.77 bits per heavy atom. The Bertz CT molecular complexity index is 454. The van der Waals surface area contributed by atoms with E-state index in [0.717, 1.165) is 17.9 Å². The molecule has 9 nitrogen and oxygen atoms in total. The molecule has 10 heteroatoms. The van der Waals surface area contributed by atoms with Gasteiger partial charge in [-0.1, -0.05) is 58.8 Å². The Morgan fingerprint density at radius 1 is 0.774 bits per heavy atom. The maximum absolute atomic E-state index is 12.8. The number of hydrogen-bond acceptors (Lipinski definition) is 5. The molecule has 0 unspecified atom stereocenters. The molecule has 4 amide bonds. The number of unbranched alkanes of at least 4 members (excludes halogenated alkanes) is 7. The molecule has 0 aliphatic carbocycles. The van der Waals surface area contributed by atoms with E-state index in [0.29, 0.717) is 39.3 Å². The molecule has 0 saturated heterocycles. The molecule has 0 fully saturated rings. The Morgan fingerprint density at radius 2 is 1.29 bits per heavy atom. The van der Waals surface area contributed by atoms with Gasteiger partial charge < -0.3 is 18.6 Å². The van der Waals surface area contributed by atoms with Crippen LogP contribution < -0.4 is 15.7 Å². The fraction of sp³-hybridized carbons (Fsp3) is 0.905. The molecule has 0 aliphatic heterocycles. The zero-order valence-corrected chi connectivity index (χ0v) is 21.3. The van der Waals surface area contributed by atoms with Gasteiger partial charge in [-0.05, 0) is 33.6 Å². The topological polar surface area (TPSA) is 103 Å². The van der Waals surface area contributed by atoms with Gasteiger partial charge in [-0.3, -0.25) is 4.98 Å². The molecule has 0 aromatic carbocycles. The highest BCUT2D eigenvalue weighted by molar-refractivity contribution is 6.60. The summed E-state index contributed by atoms with van der Waals surface area (Å²) >= 11 is 0. The Kier molecular flexibility index (Phi) is 18.5. The molecule has 0 bridgehead atoms. The van der Waals surface area contributed by atoms with Crippen LogP contribution in [-0.4, -0.2) is 58.9 Å². The first-order chi connectivity index (χ1) is 15.0. The van der Waals surface area contributed by atoms with E-state index in [-0.39, 0.29) is 0 Å². The lowest BCUT2D eigenvalue weighted by Gasteiger charge is -2.30. The van der Waals surface area contributed by atoms with Crippen LogP contribution in [0.1, 0.15) is 92.4 Å². The number of carbonyl (C=O) groups is 2. The van der Waals surface area contributed by atoms with E-state index in [1.807, 2.05) is 6.92 Å². The van der Waals surface area contributed by atoms with Crippen LogP contribution in [0.5, 0.6) is 0 Å². The van der Waals surface area contributed by atoms with Crippen molar-refractivity contribution in [2.75, 3.05) is 32.9 Å². The van der Waals surface area contributed by atoms with Crippen LogP contribution in [0.3, 0.4) is 0 Å². The molecule has 183 valence electrons. The van der Waals surface area contributed by atoms with Gasteiger partial charge in [0.1, 0.15) is 0 Å². The molecule has 0 aliphatic rings. The predicted molar refractivity (Wildman–Crippen MR) is 124 cm³/mol.